The molecule has 0 fully saturated rings. The van der Waals surface area contributed by atoms with Gasteiger partial charge in [-0.25, -0.2) is 4.39 Å². The Bertz CT molecular complexity index is 754. The molecule has 2 rings (SSSR count). The molecule has 23 heavy (non-hydrogen) atoms. The number of nitro benzene ring substituents is 1. The van der Waals surface area contributed by atoms with Gasteiger partial charge in [0, 0.05) is 0 Å². The molecule has 0 spiro atoms. The van der Waals surface area contributed by atoms with Crippen molar-refractivity contribution in [1.82, 2.24) is 5.32 Å². The number of carbonyl (C=O) groups excluding carboxylic acids is 1. The van der Waals surface area contributed by atoms with Gasteiger partial charge < -0.3 is 14.8 Å². The maximum atomic E-state index is 13.1. The molecule has 2 N–H and O–H groups in total. The minimum absolute atomic E-state index is 0.229. The van der Waals surface area contributed by atoms with Gasteiger partial charge in [0.05, 0.1) is 17.5 Å². The standard InChI is InChI=1S/C15H15FN2O5/c1-9-3-6-13(23-9)15(2,20)8-17-14(19)11-5-4-10(16)7-12(11)18(21)22/h3-7,20H,8H2,1-2H3,(H,17,19). The lowest BCUT2D eigenvalue weighted by atomic mass is 10.0. The largest absolute Gasteiger partial charge is 0.463 e. The molecule has 1 unspecified atom stereocenters. The Kier molecular flexibility index (Phi) is 4.46. The summed E-state index contributed by atoms with van der Waals surface area (Å²) in [4.78, 5) is 22.1. The summed E-state index contributed by atoms with van der Waals surface area (Å²) in [6.45, 7) is 2.91. The van der Waals surface area contributed by atoms with Gasteiger partial charge in [0.2, 0.25) is 0 Å². The van der Waals surface area contributed by atoms with Crippen LogP contribution in [0.4, 0.5) is 10.1 Å². The molecule has 1 heterocycles. The van der Waals surface area contributed by atoms with Crippen LogP contribution in [0.15, 0.2) is 34.7 Å². The fourth-order valence-electron chi connectivity index (χ4n) is 2.01. The van der Waals surface area contributed by atoms with Crippen molar-refractivity contribution in [2.24, 2.45) is 0 Å². The zero-order valence-electron chi connectivity index (χ0n) is 12.5. The Morgan fingerprint density at radius 2 is 2.13 bits per heavy atom. The van der Waals surface area contributed by atoms with E-state index in [0.29, 0.717) is 11.8 Å². The highest BCUT2D eigenvalue weighted by Crippen LogP contribution is 2.23. The summed E-state index contributed by atoms with van der Waals surface area (Å²) in [5, 5.41) is 23.6. The lowest BCUT2D eigenvalue weighted by Gasteiger charge is -2.21. The average molecular weight is 322 g/mol. The summed E-state index contributed by atoms with van der Waals surface area (Å²) in [5.41, 5.74) is -2.42. The van der Waals surface area contributed by atoms with Crippen molar-refractivity contribution in [1.29, 1.82) is 0 Å². The molecule has 1 amide bonds. The summed E-state index contributed by atoms with van der Waals surface area (Å²) in [6.07, 6.45) is 0. The minimum Gasteiger partial charge on any atom is -0.463 e. The van der Waals surface area contributed by atoms with Crippen molar-refractivity contribution in [2.75, 3.05) is 6.54 Å². The third-order valence-corrected chi connectivity index (χ3v) is 3.27. The Hall–Kier alpha value is -2.74. The molecule has 0 aliphatic heterocycles. The summed E-state index contributed by atoms with van der Waals surface area (Å²) in [7, 11) is 0. The van der Waals surface area contributed by atoms with Crippen LogP contribution < -0.4 is 5.32 Å². The molecule has 122 valence electrons. The van der Waals surface area contributed by atoms with Crippen LogP contribution in [-0.2, 0) is 5.60 Å². The third kappa shape index (κ3) is 3.72. The summed E-state index contributed by atoms with van der Waals surface area (Å²) >= 11 is 0. The van der Waals surface area contributed by atoms with Gasteiger partial charge in [0.25, 0.3) is 11.6 Å². The van der Waals surface area contributed by atoms with E-state index >= 15 is 0 Å². The molecule has 1 atom stereocenters. The Morgan fingerprint density at radius 3 is 2.70 bits per heavy atom. The van der Waals surface area contributed by atoms with Crippen LogP contribution in [0.3, 0.4) is 0 Å². The van der Waals surface area contributed by atoms with Crippen LogP contribution in [0, 0.1) is 22.9 Å². The number of nitro groups is 1. The van der Waals surface area contributed by atoms with Crippen LogP contribution in [0.1, 0.15) is 28.8 Å². The normalized spacial score (nSPS) is 13.4. The van der Waals surface area contributed by atoms with Crippen molar-refractivity contribution in [3.8, 4) is 0 Å². The van der Waals surface area contributed by atoms with E-state index in [0.717, 1.165) is 12.1 Å². The Morgan fingerprint density at radius 1 is 1.43 bits per heavy atom. The molecule has 8 heteroatoms. The second-order valence-corrected chi connectivity index (χ2v) is 5.29. The number of aryl methyl sites for hydroxylation is 1. The van der Waals surface area contributed by atoms with Crippen LogP contribution in [0.5, 0.6) is 0 Å². The molecule has 0 aliphatic rings. The number of carbonyl (C=O) groups is 1. The van der Waals surface area contributed by atoms with Gasteiger partial charge in [-0.15, -0.1) is 0 Å². The van der Waals surface area contributed by atoms with Crippen molar-refractivity contribution in [3.05, 3.63) is 63.3 Å². The van der Waals surface area contributed by atoms with E-state index in [2.05, 4.69) is 5.32 Å². The maximum Gasteiger partial charge on any atom is 0.285 e. The zero-order chi connectivity index (χ0) is 17.2. The van der Waals surface area contributed by atoms with E-state index in [1.54, 1.807) is 19.1 Å². The van der Waals surface area contributed by atoms with Crippen molar-refractivity contribution in [2.45, 2.75) is 19.4 Å². The van der Waals surface area contributed by atoms with Crippen LogP contribution >= 0.6 is 0 Å². The second-order valence-electron chi connectivity index (χ2n) is 5.29. The second kappa shape index (κ2) is 6.17. The van der Waals surface area contributed by atoms with Gasteiger partial charge in [-0.2, -0.15) is 0 Å². The van der Waals surface area contributed by atoms with Gasteiger partial charge in [-0.3, -0.25) is 14.9 Å². The van der Waals surface area contributed by atoms with Gasteiger partial charge >= 0.3 is 0 Å². The molecular weight excluding hydrogens is 307 g/mol. The van der Waals surface area contributed by atoms with Crippen molar-refractivity contribution < 1.29 is 23.6 Å². The first kappa shape index (κ1) is 16.6. The lowest BCUT2D eigenvalue weighted by Crippen LogP contribution is -2.38. The molecule has 0 radical (unpaired) electrons. The van der Waals surface area contributed by atoms with E-state index in [-0.39, 0.29) is 17.9 Å². The highest BCUT2D eigenvalue weighted by molar-refractivity contribution is 5.98. The quantitative estimate of drug-likeness (QED) is 0.649. The molecule has 2 aromatic rings. The number of halogens is 1. The van der Waals surface area contributed by atoms with Crippen LogP contribution in [-0.4, -0.2) is 22.5 Å². The number of rotatable bonds is 5. The monoisotopic (exact) mass is 322 g/mol. The highest BCUT2D eigenvalue weighted by Gasteiger charge is 2.29. The summed E-state index contributed by atoms with van der Waals surface area (Å²) < 4.78 is 18.4. The van der Waals surface area contributed by atoms with E-state index in [9.17, 15) is 24.4 Å². The first-order chi connectivity index (χ1) is 10.7. The van der Waals surface area contributed by atoms with Gasteiger partial charge in [-0.05, 0) is 38.1 Å². The number of aliphatic hydroxyl groups is 1. The van der Waals surface area contributed by atoms with Gasteiger partial charge in [0.1, 0.15) is 28.5 Å². The fourth-order valence-corrected chi connectivity index (χ4v) is 2.01. The van der Waals surface area contributed by atoms with Crippen molar-refractivity contribution >= 4 is 11.6 Å². The minimum atomic E-state index is -1.49. The van der Waals surface area contributed by atoms with E-state index < -0.39 is 27.9 Å². The first-order valence-corrected chi connectivity index (χ1v) is 6.72. The molecule has 0 aliphatic carbocycles. The predicted octanol–water partition coefficient (Wildman–Crippen LogP) is 2.27. The Labute approximate surface area is 130 Å². The number of nitrogens with zero attached hydrogens (tertiary/aromatic N) is 1. The van der Waals surface area contributed by atoms with E-state index in [1.807, 2.05) is 0 Å². The number of amides is 1. The molecule has 0 saturated heterocycles. The average Bonchev–Trinajstić information content (AvgIpc) is 2.92. The molecular formula is C15H15FN2O5. The number of nitrogens with one attached hydrogen (secondary N) is 1. The zero-order valence-corrected chi connectivity index (χ0v) is 12.5. The smallest absolute Gasteiger partial charge is 0.285 e. The number of furan rings is 1. The summed E-state index contributed by atoms with van der Waals surface area (Å²) in [5.74, 6) is -0.753. The molecule has 1 aromatic heterocycles. The SMILES string of the molecule is Cc1ccc(C(C)(O)CNC(=O)c2ccc(F)cc2[N+](=O)[O-])o1. The summed E-state index contributed by atoms with van der Waals surface area (Å²) in [6, 6.07) is 5.88. The molecule has 1 aromatic carbocycles. The van der Waals surface area contributed by atoms with Gasteiger partial charge in [0.15, 0.2) is 0 Å². The van der Waals surface area contributed by atoms with Crippen LogP contribution in [0.25, 0.3) is 0 Å². The number of hydrogen-bond acceptors (Lipinski definition) is 5. The topological polar surface area (TPSA) is 106 Å². The molecule has 0 saturated carbocycles. The van der Waals surface area contributed by atoms with E-state index in [4.69, 9.17) is 4.42 Å². The molecule has 7 nitrogen and oxygen atoms in total. The van der Waals surface area contributed by atoms with Crippen LogP contribution in [0.2, 0.25) is 0 Å². The Balaban J connectivity index is 2.15. The maximum absolute atomic E-state index is 13.1. The van der Waals surface area contributed by atoms with Gasteiger partial charge in [-0.1, -0.05) is 0 Å². The predicted molar refractivity (Wildman–Crippen MR) is 78.4 cm³/mol. The highest BCUT2D eigenvalue weighted by atomic mass is 19.1. The first-order valence-electron chi connectivity index (χ1n) is 6.72. The van der Waals surface area contributed by atoms with Crippen molar-refractivity contribution in [3.63, 3.8) is 0 Å². The number of hydrogen-bond donors (Lipinski definition) is 2. The van der Waals surface area contributed by atoms with E-state index in [1.165, 1.54) is 6.92 Å². The third-order valence-electron chi connectivity index (χ3n) is 3.27. The fraction of sp³-hybridized carbons (Fsp3) is 0.267. The lowest BCUT2D eigenvalue weighted by molar-refractivity contribution is -0.385. The number of benzene rings is 1. The molecule has 0 bridgehead atoms.